The molecule has 1 fully saturated rings. The molecule has 1 aliphatic rings. The van der Waals surface area contributed by atoms with Crippen molar-refractivity contribution in [1.29, 1.82) is 0 Å². The zero-order chi connectivity index (χ0) is 19.4. The summed E-state index contributed by atoms with van der Waals surface area (Å²) in [6.07, 6.45) is 4.18. The average Bonchev–Trinajstić information content (AvgIpc) is 2.85. The van der Waals surface area contributed by atoms with Crippen LogP contribution in [0.3, 0.4) is 0 Å². The Kier molecular flexibility index (Phi) is 6.04. The summed E-state index contributed by atoms with van der Waals surface area (Å²) in [4.78, 5) is 28.9. The highest BCUT2D eigenvalue weighted by atomic mass is 16.2. The van der Waals surface area contributed by atoms with Crippen LogP contribution in [0.4, 0.5) is 4.79 Å². The smallest absolute Gasteiger partial charge is 0.317 e. The van der Waals surface area contributed by atoms with E-state index in [1.165, 1.54) is 0 Å². The van der Waals surface area contributed by atoms with Gasteiger partial charge in [0.1, 0.15) is 0 Å². The lowest BCUT2D eigenvalue weighted by molar-refractivity contribution is -0.130. The average molecular weight is 370 g/mol. The van der Waals surface area contributed by atoms with Crippen molar-refractivity contribution in [3.63, 3.8) is 0 Å². The Bertz CT molecular complexity index is 814. The fourth-order valence-electron chi connectivity index (χ4n) is 3.62. The number of para-hydroxylation sites is 1. The maximum absolute atomic E-state index is 12.9. The first-order valence-electron chi connectivity index (χ1n) is 9.85. The molecule has 1 atom stereocenters. The number of aryl methyl sites for hydroxylation is 1. The van der Waals surface area contributed by atoms with E-state index < -0.39 is 0 Å². The van der Waals surface area contributed by atoms with Gasteiger partial charge in [0.05, 0.1) is 6.42 Å². The number of carbonyl (C=O) groups is 2. The van der Waals surface area contributed by atoms with E-state index in [0.717, 1.165) is 29.3 Å². The Hall–Kier alpha value is -2.50. The molecule has 0 aliphatic carbocycles. The SMILES string of the molecule is CCC(C)NC(=O)N1CCCN(C(=O)Cc2cn(C)c3ccccc23)CC1. The van der Waals surface area contributed by atoms with Crippen LogP contribution in [0.1, 0.15) is 32.3 Å². The minimum absolute atomic E-state index is 0.0206. The van der Waals surface area contributed by atoms with Crippen molar-refractivity contribution in [3.8, 4) is 0 Å². The molecule has 6 heteroatoms. The van der Waals surface area contributed by atoms with Crippen molar-refractivity contribution in [2.45, 2.75) is 39.2 Å². The second kappa shape index (κ2) is 8.46. The van der Waals surface area contributed by atoms with Crippen LogP contribution in [0, 0.1) is 0 Å². The van der Waals surface area contributed by atoms with Crippen molar-refractivity contribution in [2.24, 2.45) is 7.05 Å². The van der Waals surface area contributed by atoms with E-state index in [4.69, 9.17) is 0 Å². The predicted octanol–water partition coefficient (Wildman–Crippen LogP) is 2.76. The van der Waals surface area contributed by atoms with Gasteiger partial charge in [0.15, 0.2) is 0 Å². The summed E-state index contributed by atoms with van der Waals surface area (Å²) < 4.78 is 2.07. The maximum atomic E-state index is 12.9. The maximum Gasteiger partial charge on any atom is 0.317 e. The fraction of sp³-hybridized carbons (Fsp3) is 0.524. The Morgan fingerprint density at radius 2 is 1.81 bits per heavy atom. The lowest BCUT2D eigenvalue weighted by Gasteiger charge is -2.24. The van der Waals surface area contributed by atoms with Gasteiger partial charge in [0, 0.05) is 56.4 Å². The predicted molar refractivity (Wildman–Crippen MR) is 108 cm³/mol. The molecule has 1 aromatic carbocycles. The monoisotopic (exact) mass is 370 g/mol. The molecule has 0 spiro atoms. The number of hydrogen-bond donors (Lipinski definition) is 1. The summed E-state index contributed by atoms with van der Waals surface area (Å²) in [6.45, 7) is 6.65. The molecule has 6 nitrogen and oxygen atoms in total. The van der Waals surface area contributed by atoms with Crippen LogP contribution < -0.4 is 5.32 Å². The van der Waals surface area contributed by atoms with E-state index >= 15 is 0 Å². The van der Waals surface area contributed by atoms with Gasteiger partial charge in [0.2, 0.25) is 5.91 Å². The highest BCUT2D eigenvalue weighted by molar-refractivity contribution is 5.89. The fourth-order valence-corrected chi connectivity index (χ4v) is 3.62. The second-order valence-corrected chi connectivity index (χ2v) is 7.44. The van der Waals surface area contributed by atoms with Crippen molar-refractivity contribution in [1.82, 2.24) is 19.7 Å². The molecule has 3 amide bonds. The van der Waals surface area contributed by atoms with Crippen LogP contribution in [0.2, 0.25) is 0 Å². The van der Waals surface area contributed by atoms with Crippen LogP contribution in [-0.2, 0) is 18.3 Å². The molecule has 1 saturated heterocycles. The Morgan fingerprint density at radius 3 is 2.59 bits per heavy atom. The van der Waals surface area contributed by atoms with Crippen LogP contribution in [-0.4, -0.2) is 58.5 Å². The van der Waals surface area contributed by atoms with Crippen LogP contribution in [0.5, 0.6) is 0 Å². The molecular weight excluding hydrogens is 340 g/mol. The number of carbonyl (C=O) groups excluding carboxylic acids is 2. The highest BCUT2D eigenvalue weighted by Gasteiger charge is 2.23. The van der Waals surface area contributed by atoms with Crippen LogP contribution in [0.25, 0.3) is 10.9 Å². The van der Waals surface area contributed by atoms with Crippen molar-refractivity contribution in [2.75, 3.05) is 26.2 Å². The number of fused-ring (bicyclic) bond motifs is 1. The minimum atomic E-state index is -0.0206. The van der Waals surface area contributed by atoms with E-state index in [2.05, 4.69) is 28.9 Å². The quantitative estimate of drug-likeness (QED) is 0.900. The lowest BCUT2D eigenvalue weighted by atomic mass is 10.1. The molecule has 1 aromatic heterocycles. The number of hydrogen-bond acceptors (Lipinski definition) is 2. The summed E-state index contributed by atoms with van der Waals surface area (Å²) in [5, 5.41) is 4.15. The number of rotatable bonds is 4. The number of benzene rings is 1. The van der Waals surface area contributed by atoms with Gasteiger partial charge in [-0.1, -0.05) is 25.1 Å². The van der Waals surface area contributed by atoms with Gasteiger partial charge < -0.3 is 19.7 Å². The van der Waals surface area contributed by atoms with Crippen molar-refractivity contribution >= 4 is 22.8 Å². The molecule has 1 N–H and O–H groups in total. The van der Waals surface area contributed by atoms with Gasteiger partial charge in [-0.3, -0.25) is 4.79 Å². The molecule has 0 bridgehead atoms. The topological polar surface area (TPSA) is 57.6 Å². The Morgan fingerprint density at radius 1 is 1.11 bits per heavy atom. The van der Waals surface area contributed by atoms with Gasteiger partial charge in [-0.2, -0.15) is 0 Å². The highest BCUT2D eigenvalue weighted by Crippen LogP contribution is 2.21. The number of nitrogens with zero attached hydrogens (tertiary/aromatic N) is 3. The minimum Gasteiger partial charge on any atom is -0.350 e. The summed E-state index contributed by atoms with van der Waals surface area (Å²) >= 11 is 0. The zero-order valence-corrected chi connectivity index (χ0v) is 16.6. The first kappa shape index (κ1) is 19.3. The molecule has 2 heterocycles. The number of amides is 3. The van der Waals surface area contributed by atoms with Crippen LogP contribution in [0.15, 0.2) is 30.5 Å². The van der Waals surface area contributed by atoms with Crippen molar-refractivity contribution < 1.29 is 9.59 Å². The lowest BCUT2D eigenvalue weighted by Crippen LogP contribution is -2.45. The van der Waals surface area contributed by atoms with Gasteiger partial charge >= 0.3 is 6.03 Å². The number of nitrogens with one attached hydrogen (secondary N) is 1. The van der Waals surface area contributed by atoms with Crippen molar-refractivity contribution in [3.05, 3.63) is 36.0 Å². The standard InChI is InChI=1S/C21H30N4O2/c1-4-16(2)22-21(27)25-11-7-10-24(12-13-25)20(26)14-17-15-23(3)19-9-6-5-8-18(17)19/h5-6,8-9,15-16H,4,7,10-14H2,1-3H3,(H,22,27). The molecule has 146 valence electrons. The molecule has 1 unspecified atom stereocenters. The number of aromatic nitrogens is 1. The first-order valence-corrected chi connectivity index (χ1v) is 9.85. The van der Waals surface area contributed by atoms with Gasteiger partial charge in [-0.15, -0.1) is 0 Å². The molecule has 0 radical (unpaired) electrons. The second-order valence-electron chi connectivity index (χ2n) is 7.44. The third-order valence-electron chi connectivity index (χ3n) is 5.44. The summed E-state index contributed by atoms with van der Waals surface area (Å²) in [6, 6.07) is 8.32. The Balaban J connectivity index is 1.62. The van der Waals surface area contributed by atoms with E-state index in [9.17, 15) is 9.59 Å². The molecular formula is C21H30N4O2. The normalized spacial score (nSPS) is 16.3. The van der Waals surface area contributed by atoms with Gasteiger partial charge in [-0.25, -0.2) is 4.79 Å². The van der Waals surface area contributed by atoms with Crippen LogP contribution >= 0.6 is 0 Å². The van der Waals surface area contributed by atoms with E-state index in [0.29, 0.717) is 32.6 Å². The summed E-state index contributed by atoms with van der Waals surface area (Å²) in [7, 11) is 2.01. The molecule has 1 aliphatic heterocycles. The molecule has 27 heavy (non-hydrogen) atoms. The largest absolute Gasteiger partial charge is 0.350 e. The van der Waals surface area contributed by atoms with Gasteiger partial charge in [0.25, 0.3) is 0 Å². The van der Waals surface area contributed by atoms with Gasteiger partial charge in [-0.05, 0) is 31.4 Å². The number of urea groups is 1. The molecule has 3 rings (SSSR count). The third-order valence-corrected chi connectivity index (χ3v) is 5.44. The molecule has 2 aromatic rings. The summed E-state index contributed by atoms with van der Waals surface area (Å²) in [5.41, 5.74) is 2.21. The molecule has 0 saturated carbocycles. The van der Waals surface area contributed by atoms with E-state index in [-0.39, 0.29) is 18.0 Å². The third kappa shape index (κ3) is 4.43. The first-order chi connectivity index (χ1) is 13.0. The zero-order valence-electron chi connectivity index (χ0n) is 16.6. The van der Waals surface area contributed by atoms with E-state index in [1.807, 2.05) is 42.1 Å². The Labute approximate surface area is 161 Å². The van der Waals surface area contributed by atoms with E-state index in [1.54, 1.807) is 0 Å². The summed E-state index contributed by atoms with van der Waals surface area (Å²) in [5.74, 6) is 0.135.